The Morgan fingerprint density at radius 3 is 1.96 bits per heavy atom. The van der Waals surface area contributed by atoms with Gasteiger partial charge >= 0.3 is 0 Å². The van der Waals surface area contributed by atoms with Crippen LogP contribution in [0.2, 0.25) is 0 Å². The van der Waals surface area contributed by atoms with E-state index in [2.05, 4.69) is 0 Å². The number of hydrogen-bond donors (Lipinski definition) is 1. The fraction of sp³-hybridized carbons (Fsp3) is 0.611. The number of carbonyl (C=O) groups is 1. The first kappa shape index (κ1) is 14.7. The van der Waals surface area contributed by atoms with Gasteiger partial charge in [-0.2, -0.15) is 0 Å². The van der Waals surface area contributed by atoms with Gasteiger partial charge in [-0.15, -0.1) is 0 Å². The number of rotatable bonds is 4. The quantitative estimate of drug-likeness (QED) is 0.682. The Morgan fingerprint density at radius 2 is 1.57 bits per heavy atom. The summed E-state index contributed by atoms with van der Waals surface area (Å²) in [5.41, 5.74) is 6.71. The van der Waals surface area contributed by atoms with Gasteiger partial charge in [-0.3, -0.25) is 14.9 Å². The minimum atomic E-state index is -0.409. The zero-order valence-electron chi connectivity index (χ0n) is 13.1. The van der Waals surface area contributed by atoms with Crippen molar-refractivity contribution in [2.75, 3.05) is 0 Å². The van der Waals surface area contributed by atoms with Crippen LogP contribution in [0.4, 0.5) is 5.69 Å². The molecule has 0 aliphatic heterocycles. The molecule has 0 aromatic heterocycles. The van der Waals surface area contributed by atoms with Gasteiger partial charge in [-0.1, -0.05) is 12.1 Å². The minimum Gasteiger partial charge on any atom is -0.369 e. The smallest absolute Gasteiger partial charge is 0.269 e. The largest absolute Gasteiger partial charge is 0.369 e. The number of nitro groups is 1. The van der Waals surface area contributed by atoms with E-state index in [9.17, 15) is 14.9 Å². The van der Waals surface area contributed by atoms with Gasteiger partial charge < -0.3 is 5.73 Å². The lowest BCUT2D eigenvalue weighted by Crippen LogP contribution is -2.51. The van der Waals surface area contributed by atoms with E-state index >= 15 is 0 Å². The first-order valence-corrected chi connectivity index (χ1v) is 8.50. The van der Waals surface area contributed by atoms with Crippen LogP contribution < -0.4 is 5.73 Å². The number of non-ortho nitro benzene ring substituents is 1. The molecule has 1 atom stereocenters. The van der Waals surface area contributed by atoms with Crippen LogP contribution in [0, 0.1) is 33.3 Å². The summed E-state index contributed by atoms with van der Waals surface area (Å²) >= 11 is 0. The van der Waals surface area contributed by atoms with E-state index in [0.717, 1.165) is 42.6 Å². The summed E-state index contributed by atoms with van der Waals surface area (Å²) < 4.78 is 0. The molecule has 0 saturated heterocycles. The molecule has 4 bridgehead atoms. The van der Waals surface area contributed by atoms with Crippen molar-refractivity contribution >= 4 is 11.6 Å². The predicted molar refractivity (Wildman–Crippen MR) is 85.6 cm³/mol. The molecule has 1 amide bonds. The van der Waals surface area contributed by atoms with E-state index in [4.69, 9.17) is 5.73 Å². The molecule has 5 nitrogen and oxygen atoms in total. The molecule has 23 heavy (non-hydrogen) atoms. The molecule has 0 spiro atoms. The van der Waals surface area contributed by atoms with Crippen molar-refractivity contribution in [3.8, 4) is 0 Å². The Kier molecular flexibility index (Phi) is 3.22. The number of primary amides is 1. The first-order chi connectivity index (χ1) is 11.0. The van der Waals surface area contributed by atoms with E-state index in [1.54, 1.807) is 12.1 Å². The molecule has 4 aliphatic rings. The van der Waals surface area contributed by atoms with Crippen LogP contribution in [-0.2, 0) is 4.79 Å². The van der Waals surface area contributed by atoms with E-state index in [0.29, 0.717) is 0 Å². The summed E-state index contributed by atoms with van der Waals surface area (Å²) in [5.74, 6) is 1.63. The average Bonchev–Trinajstić information content (AvgIpc) is 2.45. The fourth-order valence-corrected chi connectivity index (χ4v) is 6.14. The van der Waals surface area contributed by atoms with Crippen LogP contribution in [0.15, 0.2) is 24.3 Å². The summed E-state index contributed by atoms with van der Waals surface area (Å²) in [5, 5.41) is 10.9. The lowest BCUT2D eigenvalue weighted by atomic mass is 9.46. The van der Waals surface area contributed by atoms with Crippen molar-refractivity contribution in [2.45, 2.75) is 44.4 Å². The summed E-state index contributed by atoms with van der Waals surface area (Å²) in [4.78, 5) is 22.8. The van der Waals surface area contributed by atoms with Gasteiger partial charge in [0.25, 0.3) is 5.69 Å². The lowest BCUT2D eigenvalue weighted by Gasteiger charge is -2.59. The molecule has 0 radical (unpaired) electrons. The second kappa shape index (κ2) is 5.05. The van der Waals surface area contributed by atoms with Crippen LogP contribution in [0.3, 0.4) is 0 Å². The summed E-state index contributed by atoms with van der Waals surface area (Å²) in [7, 11) is 0. The maximum atomic E-state index is 12.3. The van der Waals surface area contributed by atoms with Gasteiger partial charge in [0, 0.05) is 12.1 Å². The highest BCUT2D eigenvalue weighted by atomic mass is 16.6. The fourth-order valence-electron chi connectivity index (χ4n) is 6.14. The van der Waals surface area contributed by atoms with Gasteiger partial charge in [-0.05, 0) is 67.3 Å². The zero-order valence-corrected chi connectivity index (χ0v) is 13.1. The van der Waals surface area contributed by atoms with Crippen LogP contribution >= 0.6 is 0 Å². The average molecular weight is 314 g/mol. The van der Waals surface area contributed by atoms with E-state index in [1.807, 2.05) is 0 Å². The maximum absolute atomic E-state index is 12.3. The van der Waals surface area contributed by atoms with Crippen molar-refractivity contribution in [1.82, 2.24) is 0 Å². The first-order valence-electron chi connectivity index (χ1n) is 8.50. The third-order valence-electron chi connectivity index (χ3n) is 6.42. The standard InChI is InChI=1S/C18H22N2O3/c19-17(21)16(14-1-3-15(4-2-14)20(22)23)18-8-11-5-12(9-18)7-13(6-11)10-18/h1-4,11-13,16H,5-10H2,(H2,19,21). The van der Waals surface area contributed by atoms with Crippen molar-refractivity contribution in [1.29, 1.82) is 0 Å². The van der Waals surface area contributed by atoms with Crippen molar-refractivity contribution < 1.29 is 9.72 Å². The molecular formula is C18H22N2O3. The highest BCUT2D eigenvalue weighted by Crippen LogP contribution is 2.64. The lowest BCUT2D eigenvalue weighted by molar-refractivity contribution is -0.384. The molecule has 5 rings (SSSR count). The topological polar surface area (TPSA) is 86.2 Å². The molecular weight excluding hydrogens is 292 g/mol. The van der Waals surface area contributed by atoms with Gasteiger partial charge in [0.1, 0.15) is 0 Å². The number of benzene rings is 1. The van der Waals surface area contributed by atoms with Crippen molar-refractivity contribution in [2.24, 2.45) is 28.9 Å². The molecule has 0 heterocycles. The number of hydrogen-bond acceptors (Lipinski definition) is 3. The Bertz CT molecular complexity index is 617. The molecule has 4 saturated carbocycles. The zero-order chi connectivity index (χ0) is 16.2. The molecule has 1 aromatic rings. The van der Waals surface area contributed by atoms with Gasteiger partial charge in [0.15, 0.2) is 0 Å². The SMILES string of the molecule is NC(=O)C(c1ccc([N+](=O)[O-])cc1)C12CC3CC(CC(C3)C1)C2. The normalized spacial score (nSPS) is 35.9. The number of nitrogens with zero attached hydrogens (tertiary/aromatic N) is 1. The Labute approximate surface area is 135 Å². The highest BCUT2D eigenvalue weighted by molar-refractivity contribution is 5.83. The summed E-state index contributed by atoms with van der Waals surface area (Å²) in [6.45, 7) is 0. The predicted octanol–water partition coefficient (Wildman–Crippen LogP) is 3.38. The van der Waals surface area contributed by atoms with Gasteiger partial charge in [0.2, 0.25) is 5.91 Å². The van der Waals surface area contributed by atoms with Crippen LogP contribution in [0.25, 0.3) is 0 Å². The maximum Gasteiger partial charge on any atom is 0.269 e. The van der Waals surface area contributed by atoms with Crippen LogP contribution in [0.5, 0.6) is 0 Å². The van der Waals surface area contributed by atoms with E-state index < -0.39 is 4.92 Å². The van der Waals surface area contributed by atoms with Crippen molar-refractivity contribution in [3.63, 3.8) is 0 Å². The van der Waals surface area contributed by atoms with E-state index in [1.165, 1.54) is 31.4 Å². The van der Waals surface area contributed by atoms with Gasteiger partial charge in [-0.25, -0.2) is 0 Å². The molecule has 1 unspecified atom stereocenters. The number of amides is 1. The molecule has 4 fully saturated rings. The third-order valence-corrected chi connectivity index (χ3v) is 6.42. The molecule has 2 N–H and O–H groups in total. The second-order valence-electron chi connectivity index (χ2n) is 7.96. The van der Waals surface area contributed by atoms with Gasteiger partial charge in [0.05, 0.1) is 10.8 Å². The highest BCUT2D eigenvalue weighted by Gasteiger charge is 2.55. The summed E-state index contributed by atoms with van der Waals surface area (Å²) in [6.07, 6.45) is 7.19. The number of carbonyl (C=O) groups excluding carboxylic acids is 1. The summed E-state index contributed by atoms with van der Waals surface area (Å²) in [6, 6.07) is 6.44. The number of nitrogens with two attached hydrogens (primary N) is 1. The van der Waals surface area contributed by atoms with Crippen LogP contribution in [0.1, 0.15) is 50.0 Å². The third kappa shape index (κ3) is 2.33. The molecule has 4 aliphatic carbocycles. The Balaban J connectivity index is 1.71. The van der Waals surface area contributed by atoms with Crippen LogP contribution in [-0.4, -0.2) is 10.8 Å². The van der Waals surface area contributed by atoms with E-state index in [-0.39, 0.29) is 22.9 Å². The molecule has 5 heteroatoms. The molecule has 1 aromatic carbocycles. The Hall–Kier alpha value is -1.91. The monoisotopic (exact) mass is 314 g/mol. The molecule has 122 valence electrons. The van der Waals surface area contributed by atoms with Crippen molar-refractivity contribution in [3.05, 3.63) is 39.9 Å². The minimum absolute atomic E-state index is 0.0171. The second-order valence-corrected chi connectivity index (χ2v) is 7.96. The number of nitro benzene ring substituents is 1. The Morgan fingerprint density at radius 1 is 1.09 bits per heavy atom.